The number of halogens is 3. The van der Waals surface area contributed by atoms with Crippen LogP contribution in [0.5, 0.6) is 5.88 Å². The molecule has 2 aliphatic heterocycles. The molecule has 3 aliphatic rings. The minimum Gasteiger partial charge on any atom is -0.481 e. The summed E-state index contributed by atoms with van der Waals surface area (Å²) in [7, 11) is 0. The smallest absolute Gasteiger partial charge is 0.416 e. The number of aromatic nitrogens is 2. The van der Waals surface area contributed by atoms with Gasteiger partial charge in [-0.25, -0.2) is 9.48 Å². The Hall–Kier alpha value is -5.36. The third-order valence-corrected chi connectivity index (χ3v) is 9.39. The molecule has 1 aliphatic carbocycles. The Labute approximate surface area is 302 Å². The lowest BCUT2D eigenvalue weighted by molar-refractivity contribution is -0.140. The van der Waals surface area contributed by atoms with Crippen LogP contribution in [0.15, 0.2) is 30.3 Å². The molecule has 3 N–H and O–H groups in total. The molecular weight excluding hydrogens is 707 g/mol. The predicted octanol–water partition coefficient (Wildman–Crippen LogP) is 2.19. The van der Waals surface area contributed by atoms with Crippen LogP contribution in [0.3, 0.4) is 0 Å². The first-order valence-electron chi connectivity index (χ1n) is 17.5. The average molecular weight is 750 g/mol. The topological polar surface area (TPSA) is 193 Å². The fourth-order valence-corrected chi connectivity index (χ4v) is 6.26. The summed E-state index contributed by atoms with van der Waals surface area (Å²) in [5.74, 6) is -3.69. The van der Waals surface area contributed by atoms with Gasteiger partial charge in [-0.3, -0.25) is 24.0 Å². The molecule has 3 heterocycles. The van der Waals surface area contributed by atoms with Crippen LogP contribution in [0.4, 0.5) is 18.0 Å². The first kappa shape index (κ1) is 38.9. The van der Waals surface area contributed by atoms with Crippen molar-refractivity contribution >= 4 is 35.7 Å². The predicted molar refractivity (Wildman–Crippen MR) is 178 cm³/mol. The lowest BCUT2D eigenvalue weighted by Gasteiger charge is -2.35. The van der Waals surface area contributed by atoms with E-state index in [9.17, 15) is 47.0 Å². The summed E-state index contributed by atoms with van der Waals surface area (Å²) in [4.78, 5) is 81.0. The number of piperazine rings is 1. The number of likely N-dealkylation sites (tertiary alicyclic amines) is 1. The van der Waals surface area contributed by atoms with Crippen LogP contribution in [0.1, 0.15) is 67.9 Å². The lowest BCUT2D eigenvalue weighted by Crippen LogP contribution is -2.56. The highest BCUT2D eigenvalue weighted by molar-refractivity contribution is 5.96. The number of nitrogens with zero attached hydrogens (tertiary/aromatic N) is 5. The third-order valence-electron chi connectivity index (χ3n) is 9.39. The van der Waals surface area contributed by atoms with Crippen LogP contribution < -0.4 is 15.4 Å². The molecule has 5 rings (SSSR count). The number of alkyl halides is 3. The van der Waals surface area contributed by atoms with Gasteiger partial charge in [0.2, 0.25) is 17.7 Å². The second-order valence-corrected chi connectivity index (χ2v) is 13.0. The molecular formula is C34H42F3N7O9. The molecule has 0 bridgehead atoms. The summed E-state index contributed by atoms with van der Waals surface area (Å²) in [6, 6.07) is 3.05. The van der Waals surface area contributed by atoms with Gasteiger partial charge in [0, 0.05) is 51.3 Å². The van der Waals surface area contributed by atoms with E-state index in [0.29, 0.717) is 19.4 Å². The van der Waals surface area contributed by atoms with E-state index in [-0.39, 0.29) is 68.4 Å². The number of rotatable bonds is 13. The van der Waals surface area contributed by atoms with Crippen LogP contribution in [0.2, 0.25) is 0 Å². The number of ether oxygens (including phenoxy) is 2. The molecule has 5 amide bonds. The van der Waals surface area contributed by atoms with E-state index in [2.05, 4.69) is 15.7 Å². The molecule has 2 saturated heterocycles. The number of carbonyl (C=O) groups excluding carboxylic acids is 5. The fourth-order valence-electron chi connectivity index (χ4n) is 6.26. The van der Waals surface area contributed by atoms with Crippen molar-refractivity contribution in [1.29, 1.82) is 0 Å². The van der Waals surface area contributed by atoms with Gasteiger partial charge in [-0.05, 0) is 69.7 Å². The van der Waals surface area contributed by atoms with Gasteiger partial charge in [0.05, 0.1) is 17.9 Å². The Balaban J connectivity index is 1.33. The van der Waals surface area contributed by atoms with Crippen LogP contribution in [0.25, 0.3) is 5.69 Å². The van der Waals surface area contributed by atoms with Gasteiger partial charge in [-0.1, -0.05) is 0 Å². The highest BCUT2D eigenvalue weighted by Gasteiger charge is 2.37. The molecule has 1 aromatic carbocycles. The highest BCUT2D eigenvalue weighted by atomic mass is 19.4. The standard InChI is InChI=1S/C34H42F3N7O9/c1-2-52-33(51)42-17-15-41(16-18-42)32(50)24(12-13-29(46)47)39-30(48)25-19-28(44(40-25)23-10-8-21(9-11-23)34(35,36)37)53-20-27(45)43-14-4-7-26(43)31(49)38-22-5-3-6-22/h8-11,19,22,24,26H,2-7,12-18,20H2,1H3,(H,38,49)(H,39,48)(H,46,47). The third kappa shape index (κ3) is 9.75. The van der Waals surface area contributed by atoms with Crippen molar-refractivity contribution in [2.24, 2.45) is 0 Å². The Bertz CT molecular complexity index is 1670. The monoisotopic (exact) mass is 749 g/mol. The van der Waals surface area contributed by atoms with Gasteiger partial charge in [0.15, 0.2) is 12.3 Å². The zero-order valence-electron chi connectivity index (χ0n) is 29.1. The van der Waals surface area contributed by atoms with E-state index < -0.39 is 66.6 Å². The fraction of sp³-hybridized carbons (Fsp3) is 0.559. The number of carboxylic acid groups (broad SMARTS) is 1. The van der Waals surface area contributed by atoms with Gasteiger partial charge in [-0.2, -0.15) is 18.3 Å². The Morgan fingerprint density at radius 2 is 1.64 bits per heavy atom. The number of hydrogen-bond donors (Lipinski definition) is 3. The summed E-state index contributed by atoms with van der Waals surface area (Å²) < 4.78 is 51.7. The van der Waals surface area contributed by atoms with Crippen molar-refractivity contribution in [1.82, 2.24) is 35.1 Å². The van der Waals surface area contributed by atoms with Crippen molar-refractivity contribution in [3.05, 3.63) is 41.6 Å². The Morgan fingerprint density at radius 1 is 0.962 bits per heavy atom. The Kier molecular flexibility index (Phi) is 12.5. The number of carbonyl (C=O) groups is 6. The van der Waals surface area contributed by atoms with E-state index in [1.54, 1.807) is 6.92 Å². The molecule has 288 valence electrons. The first-order chi connectivity index (χ1) is 25.2. The summed E-state index contributed by atoms with van der Waals surface area (Å²) in [6.45, 7) is 2.10. The van der Waals surface area contributed by atoms with Crippen LogP contribution in [-0.4, -0.2) is 129 Å². The first-order valence-corrected chi connectivity index (χ1v) is 17.5. The van der Waals surface area contributed by atoms with Crippen molar-refractivity contribution in [2.45, 2.75) is 76.2 Å². The molecule has 1 aromatic heterocycles. The number of hydrogen-bond acceptors (Lipinski definition) is 9. The number of nitrogens with one attached hydrogen (secondary N) is 2. The largest absolute Gasteiger partial charge is 0.481 e. The van der Waals surface area contributed by atoms with Gasteiger partial charge in [-0.15, -0.1) is 0 Å². The molecule has 3 fully saturated rings. The van der Waals surface area contributed by atoms with Gasteiger partial charge < -0.3 is 39.9 Å². The average Bonchev–Trinajstić information content (AvgIpc) is 3.78. The second-order valence-electron chi connectivity index (χ2n) is 13.0. The molecule has 16 nitrogen and oxygen atoms in total. The number of aliphatic carboxylic acids is 1. The van der Waals surface area contributed by atoms with Gasteiger partial charge in [0.1, 0.15) is 12.1 Å². The summed E-state index contributed by atoms with van der Waals surface area (Å²) >= 11 is 0. The van der Waals surface area contributed by atoms with E-state index in [4.69, 9.17) is 9.47 Å². The Morgan fingerprint density at radius 3 is 2.25 bits per heavy atom. The molecule has 1 saturated carbocycles. The maximum atomic E-state index is 13.6. The summed E-state index contributed by atoms with van der Waals surface area (Å²) in [5, 5.41) is 19.0. The van der Waals surface area contributed by atoms with Crippen LogP contribution in [0, 0.1) is 0 Å². The van der Waals surface area contributed by atoms with Gasteiger partial charge in [0.25, 0.3) is 11.8 Å². The van der Waals surface area contributed by atoms with Crippen molar-refractivity contribution in [3.8, 4) is 11.6 Å². The van der Waals surface area contributed by atoms with Crippen LogP contribution in [-0.2, 0) is 30.1 Å². The van der Waals surface area contributed by atoms with E-state index >= 15 is 0 Å². The number of benzene rings is 1. The highest BCUT2D eigenvalue weighted by Crippen LogP contribution is 2.30. The minimum atomic E-state index is -4.63. The molecule has 2 atom stereocenters. The second kappa shape index (κ2) is 17.0. The van der Waals surface area contributed by atoms with Crippen molar-refractivity contribution < 1.29 is 56.5 Å². The normalized spacial score (nSPS) is 18.2. The zero-order valence-corrected chi connectivity index (χ0v) is 29.1. The maximum absolute atomic E-state index is 13.6. The summed E-state index contributed by atoms with van der Waals surface area (Å²) in [6.07, 6.45) is -2.05. The summed E-state index contributed by atoms with van der Waals surface area (Å²) in [5.41, 5.74) is -1.23. The molecule has 2 unspecified atom stereocenters. The SMILES string of the molecule is CCOC(=O)N1CCN(C(=O)C(CCC(=O)O)NC(=O)c2cc(OCC(=O)N3CCCC3C(=O)NC3CCC3)n(-c3ccc(C(F)(F)F)cc3)n2)CC1. The molecule has 2 aromatic rings. The van der Waals surface area contributed by atoms with Crippen molar-refractivity contribution in [2.75, 3.05) is 45.9 Å². The number of amides is 5. The minimum absolute atomic E-state index is 0.0522. The molecule has 19 heteroatoms. The quantitative estimate of drug-likeness (QED) is 0.274. The van der Waals surface area contributed by atoms with Crippen molar-refractivity contribution in [3.63, 3.8) is 0 Å². The van der Waals surface area contributed by atoms with Gasteiger partial charge >= 0.3 is 18.2 Å². The lowest BCUT2D eigenvalue weighted by atomic mass is 9.93. The van der Waals surface area contributed by atoms with Crippen LogP contribution >= 0.6 is 0 Å². The molecule has 0 radical (unpaired) electrons. The van der Waals surface area contributed by atoms with E-state index in [0.717, 1.165) is 54.3 Å². The van der Waals surface area contributed by atoms with E-state index in [1.165, 1.54) is 14.7 Å². The maximum Gasteiger partial charge on any atom is 0.416 e. The van der Waals surface area contributed by atoms with E-state index in [1.807, 2.05) is 0 Å². The molecule has 0 spiro atoms. The number of carboxylic acids is 1. The zero-order chi connectivity index (χ0) is 38.3. The molecule has 53 heavy (non-hydrogen) atoms.